The van der Waals surface area contributed by atoms with Crippen LogP contribution in [0.3, 0.4) is 0 Å². The van der Waals surface area contributed by atoms with E-state index < -0.39 is 16.1 Å². The van der Waals surface area contributed by atoms with Gasteiger partial charge in [0, 0.05) is 52.1 Å². The molecule has 1 fully saturated rings. The van der Waals surface area contributed by atoms with Gasteiger partial charge in [-0.2, -0.15) is 4.31 Å². The summed E-state index contributed by atoms with van der Waals surface area (Å²) < 4.78 is 31.3. The fraction of sp³-hybridized carbons (Fsp3) is 0.526. The van der Waals surface area contributed by atoms with E-state index in [9.17, 15) is 22.8 Å². The number of amides is 3. The van der Waals surface area contributed by atoms with E-state index >= 15 is 0 Å². The minimum Gasteiger partial charge on any atom is -0.450 e. The Bertz CT molecular complexity index is 823. The van der Waals surface area contributed by atoms with Gasteiger partial charge < -0.3 is 20.3 Å². The summed E-state index contributed by atoms with van der Waals surface area (Å²) >= 11 is 0. The van der Waals surface area contributed by atoms with Gasteiger partial charge >= 0.3 is 6.09 Å². The molecule has 3 amide bonds. The molecule has 0 atom stereocenters. The Kier molecular flexibility index (Phi) is 9.06. The van der Waals surface area contributed by atoms with Gasteiger partial charge in [-0.05, 0) is 19.1 Å². The fourth-order valence-corrected chi connectivity index (χ4v) is 4.38. The van der Waals surface area contributed by atoms with Gasteiger partial charge in [0.15, 0.2) is 0 Å². The number of piperazine rings is 1. The van der Waals surface area contributed by atoms with Crippen molar-refractivity contribution in [3.05, 3.63) is 30.3 Å². The van der Waals surface area contributed by atoms with Gasteiger partial charge in [0.1, 0.15) is 0 Å². The van der Waals surface area contributed by atoms with Crippen LogP contribution in [-0.4, -0.2) is 81.4 Å². The van der Waals surface area contributed by atoms with Crippen molar-refractivity contribution in [3.8, 4) is 0 Å². The van der Waals surface area contributed by atoms with E-state index in [1.807, 2.05) is 0 Å². The summed E-state index contributed by atoms with van der Waals surface area (Å²) in [6.07, 6.45) is -0.473. The molecule has 11 heteroatoms. The van der Waals surface area contributed by atoms with Gasteiger partial charge in [-0.25, -0.2) is 13.2 Å². The van der Waals surface area contributed by atoms with Crippen molar-refractivity contribution in [2.75, 3.05) is 45.9 Å². The molecule has 1 aromatic rings. The Hall–Kier alpha value is -2.66. The maximum Gasteiger partial charge on any atom is 0.407 e. The molecule has 0 aromatic heterocycles. The molecule has 0 saturated carbocycles. The van der Waals surface area contributed by atoms with Crippen LogP contribution in [-0.2, 0) is 24.3 Å². The number of nitrogens with one attached hydrogen (secondary N) is 2. The lowest BCUT2D eigenvalue weighted by Crippen LogP contribution is -2.50. The van der Waals surface area contributed by atoms with Crippen molar-refractivity contribution in [2.45, 2.75) is 24.7 Å². The molecule has 1 aliphatic rings. The summed E-state index contributed by atoms with van der Waals surface area (Å²) in [5.41, 5.74) is 0. The Morgan fingerprint density at radius 2 is 1.60 bits per heavy atom. The molecule has 30 heavy (non-hydrogen) atoms. The van der Waals surface area contributed by atoms with Gasteiger partial charge in [-0.3, -0.25) is 9.59 Å². The van der Waals surface area contributed by atoms with Crippen LogP contribution >= 0.6 is 0 Å². The van der Waals surface area contributed by atoms with Crippen molar-refractivity contribution in [1.29, 1.82) is 0 Å². The number of rotatable bonds is 9. The number of hydrogen-bond acceptors (Lipinski definition) is 6. The first kappa shape index (κ1) is 23.6. The minimum absolute atomic E-state index is 0.0285. The molecule has 2 N–H and O–H groups in total. The zero-order chi connectivity index (χ0) is 22.0. The SMILES string of the molecule is CCOC(=O)NCCNC(=O)CCC(=O)N1CCN(S(=O)(=O)c2ccccc2)CC1. The summed E-state index contributed by atoms with van der Waals surface area (Å²) in [6.45, 7) is 3.45. The van der Waals surface area contributed by atoms with Crippen LogP contribution in [0.2, 0.25) is 0 Å². The first-order valence-corrected chi connectivity index (χ1v) is 11.3. The Labute approximate surface area is 176 Å². The molecular formula is C19H28N4O6S. The lowest BCUT2D eigenvalue weighted by Gasteiger charge is -2.34. The summed E-state index contributed by atoms with van der Waals surface area (Å²) in [7, 11) is -3.57. The van der Waals surface area contributed by atoms with E-state index in [2.05, 4.69) is 10.6 Å². The highest BCUT2D eigenvalue weighted by Gasteiger charge is 2.29. The molecule has 0 aliphatic carbocycles. The zero-order valence-corrected chi connectivity index (χ0v) is 17.8. The molecular weight excluding hydrogens is 412 g/mol. The standard InChI is InChI=1S/C19H28N4O6S/c1-2-29-19(26)21-11-10-20-17(24)8-9-18(25)22-12-14-23(15-13-22)30(27,28)16-6-4-3-5-7-16/h3-7H,2,8-15H2,1H3,(H,20,24)(H,21,26). The second kappa shape index (κ2) is 11.5. The summed E-state index contributed by atoms with van der Waals surface area (Å²) in [5.74, 6) is -0.481. The number of carbonyl (C=O) groups is 3. The first-order valence-electron chi connectivity index (χ1n) is 9.85. The molecule has 166 valence electrons. The molecule has 1 heterocycles. The fourth-order valence-electron chi connectivity index (χ4n) is 2.93. The predicted molar refractivity (Wildman–Crippen MR) is 109 cm³/mol. The maximum atomic E-state index is 12.6. The van der Waals surface area contributed by atoms with Crippen molar-refractivity contribution in [1.82, 2.24) is 19.8 Å². The van der Waals surface area contributed by atoms with Crippen molar-refractivity contribution in [3.63, 3.8) is 0 Å². The number of alkyl carbamates (subject to hydrolysis) is 1. The highest BCUT2D eigenvalue weighted by atomic mass is 32.2. The van der Waals surface area contributed by atoms with Gasteiger partial charge in [0.25, 0.3) is 0 Å². The Morgan fingerprint density at radius 3 is 2.23 bits per heavy atom. The van der Waals surface area contributed by atoms with E-state index in [0.717, 1.165) is 0 Å². The Balaban J connectivity index is 1.68. The Morgan fingerprint density at radius 1 is 0.967 bits per heavy atom. The third-order valence-corrected chi connectivity index (χ3v) is 6.44. The van der Waals surface area contributed by atoms with Crippen LogP contribution in [0.1, 0.15) is 19.8 Å². The molecule has 0 bridgehead atoms. The number of benzene rings is 1. The average molecular weight is 441 g/mol. The number of sulfonamides is 1. The number of nitrogens with zero attached hydrogens (tertiary/aromatic N) is 2. The topological polar surface area (TPSA) is 125 Å². The number of ether oxygens (including phenoxy) is 1. The largest absolute Gasteiger partial charge is 0.450 e. The van der Waals surface area contributed by atoms with Gasteiger partial charge in [-0.15, -0.1) is 0 Å². The molecule has 2 rings (SSSR count). The van der Waals surface area contributed by atoms with Crippen LogP contribution in [0.15, 0.2) is 35.2 Å². The van der Waals surface area contributed by atoms with Crippen LogP contribution < -0.4 is 10.6 Å². The average Bonchev–Trinajstić information content (AvgIpc) is 2.76. The molecule has 1 saturated heterocycles. The van der Waals surface area contributed by atoms with E-state index in [1.165, 1.54) is 4.31 Å². The molecule has 0 radical (unpaired) electrons. The van der Waals surface area contributed by atoms with Gasteiger partial charge in [-0.1, -0.05) is 18.2 Å². The normalized spacial score (nSPS) is 14.8. The van der Waals surface area contributed by atoms with Crippen LogP contribution in [0.25, 0.3) is 0 Å². The summed E-state index contributed by atoms with van der Waals surface area (Å²) in [6, 6.07) is 8.19. The highest BCUT2D eigenvalue weighted by molar-refractivity contribution is 7.89. The molecule has 1 aliphatic heterocycles. The van der Waals surface area contributed by atoms with Crippen molar-refractivity contribution in [2.24, 2.45) is 0 Å². The maximum absolute atomic E-state index is 12.6. The second-order valence-corrected chi connectivity index (χ2v) is 8.53. The third-order valence-electron chi connectivity index (χ3n) is 4.53. The van der Waals surface area contributed by atoms with Crippen LogP contribution in [0.5, 0.6) is 0 Å². The number of hydrogen-bond donors (Lipinski definition) is 2. The molecule has 10 nitrogen and oxygen atoms in total. The van der Waals surface area contributed by atoms with Crippen molar-refractivity contribution >= 4 is 27.9 Å². The minimum atomic E-state index is -3.57. The monoisotopic (exact) mass is 440 g/mol. The predicted octanol–water partition coefficient (Wildman–Crippen LogP) is 0.162. The first-order chi connectivity index (χ1) is 14.3. The van der Waals surface area contributed by atoms with E-state index in [4.69, 9.17) is 4.74 Å². The van der Waals surface area contributed by atoms with E-state index in [1.54, 1.807) is 42.2 Å². The zero-order valence-electron chi connectivity index (χ0n) is 17.0. The summed E-state index contributed by atoms with van der Waals surface area (Å²) in [4.78, 5) is 37.1. The van der Waals surface area contributed by atoms with Crippen molar-refractivity contribution < 1.29 is 27.5 Å². The molecule has 1 aromatic carbocycles. The molecule has 0 unspecified atom stereocenters. The summed E-state index contributed by atoms with van der Waals surface area (Å²) in [5, 5.41) is 5.09. The lowest BCUT2D eigenvalue weighted by molar-refractivity contribution is -0.134. The lowest BCUT2D eigenvalue weighted by atomic mass is 10.2. The second-order valence-electron chi connectivity index (χ2n) is 6.60. The highest BCUT2D eigenvalue weighted by Crippen LogP contribution is 2.17. The quantitative estimate of drug-likeness (QED) is 0.527. The van der Waals surface area contributed by atoms with E-state index in [0.29, 0.717) is 0 Å². The third kappa shape index (κ3) is 6.99. The van der Waals surface area contributed by atoms with Crippen LogP contribution in [0, 0.1) is 0 Å². The van der Waals surface area contributed by atoms with Crippen LogP contribution in [0.4, 0.5) is 4.79 Å². The molecule has 0 spiro atoms. The number of carbonyl (C=O) groups excluding carboxylic acids is 3. The smallest absolute Gasteiger partial charge is 0.407 e. The van der Waals surface area contributed by atoms with E-state index in [-0.39, 0.29) is 75.4 Å². The van der Waals surface area contributed by atoms with Gasteiger partial charge in [0.2, 0.25) is 21.8 Å². The van der Waals surface area contributed by atoms with Gasteiger partial charge in [0.05, 0.1) is 11.5 Å².